The lowest BCUT2D eigenvalue weighted by atomic mass is 9.94. The molecule has 1 amide bonds. The Morgan fingerprint density at radius 3 is 2.74 bits per heavy atom. The van der Waals surface area contributed by atoms with Crippen molar-refractivity contribution in [1.29, 1.82) is 0 Å². The zero-order chi connectivity index (χ0) is 29.2. The summed E-state index contributed by atoms with van der Waals surface area (Å²) in [6, 6.07) is 21.7. The van der Waals surface area contributed by atoms with Crippen LogP contribution in [-0.2, 0) is 21.8 Å². The monoisotopic (exact) mass is 599 g/mol. The van der Waals surface area contributed by atoms with Crippen molar-refractivity contribution in [3.05, 3.63) is 101 Å². The predicted octanol–water partition coefficient (Wildman–Crippen LogP) is 6.57. The molecular formula is C32H29N3O5S2. The Morgan fingerprint density at radius 2 is 1.93 bits per heavy atom. The normalized spacial score (nSPS) is 19.1. The predicted molar refractivity (Wildman–Crippen MR) is 163 cm³/mol. The number of carbonyl (C=O) groups excluding carboxylic acids is 2. The van der Waals surface area contributed by atoms with Crippen molar-refractivity contribution in [2.24, 2.45) is 0 Å². The molecule has 214 valence electrons. The number of Topliss-reactive ketones (excluding diaryl/α,β-unsaturated/α-hetero) is 1. The molecule has 2 aliphatic heterocycles. The Kier molecular flexibility index (Phi) is 7.99. The second-order valence-electron chi connectivity index (χ2n) is 10.2. The molecule has 0 spiro atoms. The molecule has 3 heterocycles. The summed E-state index contributed by atoms with van der Waals surface area (Å²) < 4.78 is 12.3. The van der Waals surface area contributed by atoms with E-state index in [1.165, 1.54) is 28.0 Å². The minimum Gasteiger partial charge on any atom is -0.507 e. The van der Waals surface area contributed by atoms with Gasteiger partial charge in [-0.3, -0.25) is 14.5 Å². The van der Waals surface area contributed by atoms with E-state index >= 15 is 0 Å². The van der Waals surface area contributed by atoms with Crippen LogP contribution in [-0.4, -0.2) is 39.7 Å². The number of carbonyl (C=O) groups is 2. The van der Waals surface area contributed by atoms with Gasteiger partial charge in [0, 0.05) is 17.7 Å². The Balaban J connectivity index is 1.40. The van der Waals surface area contributed by atoms with E-state index in [0.29, 0.717) is 40.0 Å². The minimum atomic E-state index is -0.918. The number of hydrogen-bond acceptors (Lipinski definition) is 9. The number of anilines is 1. The van der Waals surface area contributed by atoms with E-state index < -0.39 is 17.7 Å². The molecule has 6 rings (SSSR count). The number of ketones is 1. The van der Waals surface area contributed by atoms with Gasteiger partial charge in [0.05, 0.1) is 18.2 Å². The summed E-state index contributed by atoms with van der Waals surface area (Å²) in [7, 11) is 0. The average molecular weight is 600 g/mol. The first kappa shape index (κ1) is 28.0. The smallest absolute Gasteiger partial charge is 0.301 e. The van der Waals surface area contributed by atoms with Gasteiger partial charge >= 0.3 is 5.91 Å². The summed E-state index contributed by atoms with van der Waals surface area (Å²) in [6.45, 7) is 4.52. The van der Waals surface area contributed by atoms with Gasteiger partial charge < -0.3 is 14.6 Å². The van der Waals surface area contributed by atoms with Crippen molar-refractivity contribution < 1.29 is 24.2 Å². The van der Waals surface area contributed by atoms with Crippen LogP contribution in [0.2, 0.25) is 0 Å². The van der Waals surface area contributed by atoms with Gasteiger partial charge in [-0.25, -0.2) is 0 Å². The molecule has 0 unspecified atom stereocenters. The maximum atomic E-state index is 13.6. The zero-order valence-corrected chi connectivity index (χ0v) is 24.8. The first-order valence-corrected chi connectivity index (χ1v) is 15.6. The van der Waals surface area contributed by atoms with Crippen LogP contribution < -0.4 is 14.4 Å². The number of fused-ring (bicyclic) bond motifs is 1. The van der Waals surface area contributed by atoms with E-state index in [0.717, 1.165) is 23.3 Å². The fourth-order valence-corrected chi connectivity index (χ4v) is 6.97. The lowest BCUT2D eigenvalue weighted by Gasteiger charge is -2.23. The standard InChI is InChI=1S/C32H29N3O5S2/c1-3-14-39-24-11-7-10-21(17-24)27-26(28(36)22-12-13-25-23(16-22)15-19(2)40-25)29(37)30(38)35(27)31-33-34-32(42-31)41-18-20-8-5-4-6-9-20/h4-13,16-17,19,27,36H,3,14-15,18H2,1-2H3/b28-26+/t19-,27-/m0/s1. The summed E-state index contributed by atoms with van der Waals surface area (Å²) in [6.07, 6.45) is 1.55. The summed E-state index contributed by atoms with van der Waals surface area (Å²) >= 11 is 2.75. The lowest BCUT2D eigenvalue weighted by Crippen LogP contribution is -2.29. The largest absolute Gasteiger partial charge is 0.507 e. The number of aromatic nitrogens is 2. The van der Waals surface area contributed by atoms with Crippen LogP contribution in [0.5, 0.6) is 11.5 Å². The van der Waals surface area contributed by atoms with Gasteiger partial charge in [-0.15, -0.1) is 10.2 Å². The third kappa shape index (κ3) is 5.52. The quantitative estimate of drug-likeness (QED) is 0.0758. The van der Waals surface area contributed by atoms with E-state index in [1.807, 2.05) is 68.4 Å². The van der Waals surface area contributed by atoms with Crippen LogP contribution in [0.25, 0.3) is 5.76 Å². The molecule has 10 heteroatoms. The lowest BCUT2D eigenvalue weighted by molar-refractivity contribution is -0.132. The molecular weight excluding hydrogens is 571 g/mol. The highest BCUT2D eigenvalue weighted by Crippen LogP contribution is 2.45. The maximum absolute atomic E-state index is 13.6. The number of benzene rings is 3. The molecule has 3 aromatic carbocycles. The summed E-state index contributed by atoms with van der Waals surface area (Å²) in [5.74, 6) is 0.263. The van der Waals surface area contributed by atoms with E-state index in [1.54, 1.807) is 18.2 Å². The van der Waals surface area contributed by atoms with Crippen molar-refractivity contribution in [2.75, 3.05) is 11.5 Å². The fourth-order valence-electron chi connectivity index (χ4n) is 5.14. The molecule has 0 aliphatic carbocycles. The number of rotatable bonds is 9. The molecule has 1 saturated heterocycles. The van der Waals surface area contributed by atoms with E-state index in [-0.39, 0.29) is 22.6 Å². The zero-order valence-electron chi connectivity index (χ0n) is 23.1. The molecule has 4 aromatic rings. The molecule has 0 saturated carbocycles. The number of hydrogen-bond donors (Lipinski definition) is 1. The van der Waals surface area contributed by atoms with Gasteiger partial charge in [-0.05, 0) is 60.4 Å². The topological polar surface area (TPSA) is 102 Å². The highest BCUT2D eigenvalue weighted by molar-refractivity contribution is 8.00. The third-order valence-electron chi connectivity index (χ3n) is 7.07. The molecule has 1 N–H and O–H groups in total. The molecule has 2 aliphatic rings. The van der Waals surface area contributed by atoms with Gasteiger partial charge in [-0.2, -0.15) is 0 Å². The molecule has 1 aromatic heterocycles. The second-order valence-corrected chi connectivity index (χ2v) is 12.3. The Morgan fingerprint density at radius 1 is 1.10 bits per heavy atom. The number of amides is 1. The second kappa shape index (κ2) is 12.0. The van der Waals surface area contributed by atoms with Crippen LogP contribution in [0.15, 0.2) is 82.7 Å². The van der Waals surface area contributed by atoms with Crippen LogP contribution in [0.3, 0.4) is 0 Å². The molecule has 0 bridgehead atoms. The van der Waals surface area contributed by atoms with Crippen molar-refractivity contribution >= 4 is 45.7 Å². The highest BCUT2D eigenvalue weighted by atomic mass is 32.2. The number of aliphatic hydroxyl groups excluding tert-OH is 1. The number of thioether (sulfide) groups is 1. The molecule has 2 atom stereocenters. The van der Waals surface area contributed by atoms with E-state index in [9.17, 15) is 14.7 Å². The van der Waals surface area contributed by atoms with Gasteiger partial charge in [0.25, 0.3) is 5.78 Å². The molecule has 1 fully saturated rings. The number of aliphatic hydroxyl groups is 1. The third-order valence-corrected chi connectivity index (χ3v) is 9.19. The number of nitrogens with zero attached hydrogens (tertiary/aromatic N) is 3. The van der Waals surface area contributed by atoms with Crippen LogP contribution in [0.4, 0.5) is 5.13 Å². The van der Waals surface area contributed by atoms with E-state index in [2.05, 4.69) is 10.2 Å². The van der Waals surface area contributed by atoms with Crippen molar-refractivity contribution in [3.63, 3.8) is 0 Å². The highest BCUT2D eigenvalue weighted by Gasteiger charge is 2.48. The van der Waals surface area contributed by atoms with Gasteiger partial charge in [0.2, 0.25) is 5.13 Å². The van der Waals surface area contributed by atoms with E-state index in [4.69, 9.17) is 9.47 Å². The number of ether oxygens (including phenoxy) is 2. The minimum absolute atomic E-state index is 0.00626. The maximum Gasteiger partial charge on any atom is 0.301 e. The van der Waals surface area contributed by atoms with Crippen molar-refractivity contribution in [3.8, 4) is 11.5 Å². The summed E-state index contributed by atoms with van der Waals surface area (Å²) in [5, 5.41) is 20.5. The van der Waals surface area contributed by atoms with Crippen LogP contribution in [0, 0.1) is 0 Å². The Hall–Kier alpha value is -4.15. The fraction of sp³-hybridized carbons (Fsp3) is 0.250. The molecule has 8 nitrogen and oxygen atoms in total. The summed E-state index contributed by atoms with van der Waals surface area (Å²) in [4.78, 5) is 28.6. The average Bonchev–Trinajstić information content (AvgIpc) is 3.70. The SMILES string of the molecule is CCCOc1cccc([C@H]2/C(=C(\O)c3ccc4c(c3)C[C@H](C)O4)C(=O)C(=O)N2c2nnc(SCc3ccccc3)s2)c1. The van der Waals surface area contributed by atoms with Crippen molar-refractivity contribution in [2.45, 2.75) is 48.9 Å². The van der Waals surface area contributed by atoms with Crippen LogP contribution >= 0.6 is 23.1 Å². The first-order chi connectivity index (χ1) is 20.4. The van der Waals surface area contributed by atoms with Crippen LogP contribution in [0.1, 0.15) is 48.6 Å². The Bertz CT molecular complexity index is 1670. The van der Waals surface area contributed by atoms with Gasteiger partial charge in [-0.1, -0.05) is 72.5 Å². The summed E-state index contributed by atoms with van der Waals surface area (Å²) in [5.41, 5.74) is 3.14. The van der Waals surface area contributed by atoms with Gasteiger partial charge in [0.1, 0.15) is 23.4 Å². The first-order valence-electron chi connectivity index (χ1n) is 13.8. The van der Waals surface area contributed by atoms with Gasteiger partial charge in [0.15, 0.2) is 4.34 Å². The Labute approximate surface area is 252 Å². The van der Waals surface area contributed by atoms with Crippen molar-refractivity contribution in [1.82, 2.24) is 10.2 Å². The molecule has 0 radical (unpaired) electrons. The molecule has 42 heavy (non-hydrogen) atoms.